The lowest BCUT2D eigenvalue weighted by Crippen LogP contribution is -2.52. The smallest absolute Gasteiger partial charge is 0.0971 e. The largest absolute Gasteiger partial charge is 0.393 e. The summed E-state index contributed by atoms with van der Waals surface area (Å²) in [4.78, 5) is 0. The molecule has 0 amide bonds. The highest BCUT2D eigenvalue weighted by atomic mass is 16.3. The van der Waals surface area contributed by atoms with Crippen LogP contribution in [0.5, 0.6) is 0 Å². The predicted molar refractivity (Wildman–Crippen MR) is 104 cm³/mol. The van der Waals surface area contributed by atoms with Gasteiger partial charge in [0.05, 0.1) is 32.3 Å². The van der Waals surface area contributed by atoms with Crippen LogP contribution in [0.1, 0.15) is 89.9 Å². The van der Waals surface area contributed by atoms with E-state index in [4.69, 9.17) is 0 Å². The summed E-state index contributed by atoms with van der Waals surface area (Å²) in [5.74, 6) is 0.879. The molecule has 2 aliphatic rings. The Labute approximate surface area is 150 Å². The number of hydrogen-bond donors (Lipinski definition) is 1. The molecule has 1 unspecified atom stereocenters. The van der Waals surface area contributed by atoms with Crippen LogP contribution >= 0.6 is 0 Å². The van der Waals surface area contributed by atoms with Gasteiger partial charge in [-0.05, 0) is 44.1 Å². The number of rotatable bonds is 8. The first-order valence-electron chi connectivity index (χ1n) is 10.9. The topological polar surface area (TPSA) is 20.2 Å². The van der Waals surface area contributed by atoms with E-state index >= 15 is 0 Å². The maximum Gasteiger partial charge on any atom is 0.0971 e. The fraction of sp³-hybridized carbons (Fsp3) is 0.909. The fourth-order valence-electron chi connectivity index (χ4n) is 4.96. The van der Waals surface area contributed by atoms with Gasteiger partial charge in [-0.25, -0.2) is 0 Å². The summed E-state index contributed by atoms with van der Waals surface area (Å²) in [6.07, 6.45) is 20.8. The summed E-state index contributed by atoms with van der Waals surface area (Å²) in [5.41, 5.74) is 0. The van der Waals surface area contributed by atoms with Crippen molar-refractivity contribution >= 4 is 0 Å². The third kappa shape index (κ3) is 7.27. The van der Waals surface area contributed by atoms with Crippen LogP contribution in [0.4, 0.5) is 0 Å². The summed E-state index contributed by atoms with van der Waals surface area (Å²) in [6.45, 7) is 8.80. The molecule has 0 aromatic heterocycles. The summed E-state index contributed by atoms with van der Waals surface area (Å²) < 4.78 is 1.18. The van der Waals surface area contributed by atoms with Crippen molar-refractivity contribution < 1.29 is 9.59 Å². The predicted octanol–water partition coefficient (Wildman–Crippen LogP) is 5.45. The van der Waals surface area contributed by atoms with Gasteiger partial charge in [0.25, 0.3) is 0 Å². The molecule has 1 saturated carbocycles. The molecule has 0 aromatic carbocycles. The van der Waals surface area contributed by atoms with E-state index in [1.807, 2.05) is 0 Å². The Morgan fingerprint density at radius 2 is 1.46 bits per heavy atom. The molecule has 1 N–H and O–H groups in total. The Hall–Kier alpha value is -0.340. The molecule has 0 radical (unpaired) electrons. The van der Waals surface area contributed by atoms with Crippen LogP contribution in [-0.2, 0) is 0 Å². The van der Waals surface area contributed by atoms with Crippen molar-refractivity contribution in [2.75, 3.05) is 26.2 Å². The third-order valence-electron chi connectivity index (χ3n) is 6.60. The van der Waals surface area contributed by atoms with Gasteiger partial charge in [0.1, 0.15) is 0 Å². The number of hydrogen-bond acceptors (Lipinski definition) is 1. The van der Waals surface area contributed by atoms with Crippen molar-refractivity contribution in [2.45, 2.75) is 96.0 Å². The lowest BCUT2D eigenvalue weighted by Gasteiger charge is -2.41. The molecule has 1 aliphatic heterocycles. The molecule has 2 fully saturated rings. The molecule has 1 heterocycles. The Kier molecular flexibility index (Phi) is 9.41. The zero-order chi connectivity index (χ0) is 17.1. The van der Waals surface area contributed by atoms with E-state index in [9.17, 15) is 5.11 Å². The number of quaternary nitrogens is 1. The SMILES string of the molecule is C=CC[N+]1(CCC(O)CCC2CCCCCCCC2)CCCCC1. The van der Waals surface area contributed by atoms with Gasteiger partial charge < -0.3 is 9.59 Å². The molecule has 1 aliphatic carbocycles. The van der Waals surface area contributed by atoms with Crippen LogP contribution in [0.25, 0.3) is 0 Å². The average Bonchev–Trinajstić information content (AvgIpc) is 2.73. The molecule has 1 atom stereocenters. The zero-order valence-electron chi connectivity index (χ0n) is 16.1. The normalized spacial score (nSPS) is 24.5. The lowest BCUT2D eigenvalue weighted by molar-refractivity contribution is -0.927. The van der Waals surface area contributed by atoms with Crippen LogP contribution in [0.2, 0.25) is 0 Å². The van der Waals surface area contributed by atoms with Gasteiger partial charge in [0.15, 0.2) is 0 Å². The van der Waals surface area contributed by atoms with Crippen molar-refractivity contribution in [1.29, 1.82) is 0 Å². The number of likely N-dealkylation sites (tertiary alicyclic amines) is 1. The number of piperidine rings is 1. The molecule has 0 bridgehead atoms. The van der Waals surface area contributed by atoms with Crippen molar-refractivity contribution in [1.82, 2.24) is 0 Å². The first-order valence-corrected chi connectivity index (χ1v) is 10.9. The minimum atomic E-state index is -0.0839. The van der Waals surface area contributed by atoms with Crippen molar-refractivity contribution in [2.24, 2.45) is 5.92 Å². The van der Waals surface area contributed by atoms with E-state index < -0.39 is 0 Å². The average molecular weight is 337 g/mol. The highest BCUT2D eigenvalue weighted by Crippen LogP contribution is 2.27. The molecular weight excluding hydrogens is 294 g/mol. The molecule has 1 saturated heterocycles. The van der Waals surface area contributed by atoms with Crippen molar-refractivity contribution in [3.63, 3.8) is 0 Å². The minimum Gasteiger partial charge on any atom is -0.393 e. The van der Waals surface area contributed by atoms with Crippen LogP contribution in [0.3, 0.4) is 0 Å². The second-order valence-corrected chi connectivity index (χ2v) is 8.63. The van der Waals surface area contributed by atoms with Gasteiger partial charge in [-0.2, -0.15) is 0 Å². The van der Waals surface area contributed by atoms with E-state index in [-0.39, 0.29) is 6.10 Å². The number of aliphatic hydroxyl groups is 1. The van der Waals surface area contributed by atoms with Gasteiger partial charge in [-0.1, -0.05) is 57.9 Å². The summed E-state index contributed by atoms with van der Waals surface area (Å²) in [5, 5.41) is 10.5. The highest BCUT2D eigenvalue weighted by molar-refractivity contribution is 4.70. The van der Waals surface area contributed by atoms with Gasteiger partial charge in [0.2, 0.25) is 0 Å². The molecule has 0 aromatic rings. The minimum absolute atomic E-state index is 0.0839. The van der Waals surface area contributed by atoms with E-state index in [2.05, 4.69) is 12.7 Å². The van der Waals surface area contributed by atoms with Crippen LogP contribution in [0, 0.1) is 5.92 Å². The van der Waals surface area contributed by atoms with Gasteiger partial charge in [0, 0.05) is 6.42 Å². The summed E-state index contributed by atoms with van der Waals surface area (Å²) >= 11 is 0. The Morgan fingerprint density at radius 1 is 0.875 bits per heavy atom. The third-order valence-corrected chi connectivity index (χ3v) is 6.60. The molecule has 2 rings (SSSR count). The molecule has 24 heavy (non-hydrogen) atoms. The van der Waals surface area contributed by atoms with Crippen molar-refractivity contribution in [3.05, 3.63) is 12.7 Å². The highest BCUT2D eigenvalue weighted by Gasteiger charge is 2.29. The van der Waals surface area contributed by atoms with E-state index in [1.165, 1.54) is 94.6 Å². The summed E-state index contributed by atoms with van der Waals surface area (Å²) in [7, 11) is 0. The van der Waals surface area contributed by atoms with E-state index in [0.29, 0.717) is 0 Å². The van der Waals surface area contributed by atoms with Crippen LogP contribution < -0.4 is 0 Å². The Balaban J connectivity index is 1.69. The van der Waals surface area contributed by atoms with Crippen molar-refractivity contribution in [3.8, 4) is 0 Å². The maximum atomic E-state index is 10.5. The lowest BCUT2D eigenvalue weighted by atomic mass is 9.90. The Morgan fingerprint density at radius 3 is 2.08 bits per heavy atom. The van der Waals surface area contributed by atoms with Gasteiger partial charge in [-0.15, -0.1) is 0 Å². The number of aliphatic hydroxyl groups excluding tert-OH is 1. The maximum absolute atomic E-state index is 10.5. The molecule has 2 heteroatoms. The van der Waals surface area contributed by atoms with Gasteiger partial charge in [-0.3, -0.25) is 0 Å². The van der Waals surface area contributed by atoms with E-state index in [0.717, 1.165) is 31.8 Å². The van der Waals surface area contributed by atoms with Crippen LogP contribution in [0.15, 0.2) is 12.7 Å². The summed E-state index contributed by atoms with van der Waals surface area (Å²) in [6, 6.07) is 0. The second kappa shape index (κ2) is 11.3. The first kappa shape index (κ1) is 20.0. The standard InChI is InChI=1S/C22H42NO/c1-2-17-23(18-10-7-11-19-23)20-16-22(24)15-14-21-12-8-5-3-4-6-9-13-21/h2,21-22,24H,1,3-20H2/q+1. The molecular formula is C22H42NO+. The molecule has 0 spiro atoms. The van der Waals surface area contributed by atoms with E-state index in [1.54, 1.807) is 0 Å². The second-order valence-electron chi connectivity index (χ2n) is 8.63. The van der Waals surface area contributed by atoms with Crippen LogP contribution in [-0.4, -0.2) is 41.9 Å². The fourth-order valence-corrected chi connectivity index (χ4v) is 4.96. The molecule has 140 valence electrons. The van der Waals surface area contributed by atoms with Gasteiger partial charge >= 0.3 is 0 Å². The Bertz CT molecular complexity index is 325. The monoisotopic (exact) mass is 336 g/mol. The quantitative estimate of drug-likeness (QED) is 0.461. The number of nitrogens with zero attached hydrogens (tertiary/aromatic N) is 1. The molecule has 2 nitrogen and oxygen atoms in total. The zero-order valence-corrected chi connectivity index (χ0v) is 16.1. The first-order chi connectivity index (χ1) is 11.7.